The molecule has 0 N–H and O–H groups in total. The molecule has 4 nitrogen and oxygen atoms in total. The van der Waals surface area contributed by atoms with Crippen LogP contribution >= 0.6 is 11.3 Å². The fraction of sp³-hybridized carbons (Fsp3) is 0.316. The van der Waals surface area contributed by atoms with Crippen molar-refractivity contribution in [3.8, 4) is 6.07 Å². The summed E-state index contributed by atoms with van der Waals surface area (Å²) in [7, 11) is 0. The standard InChI is InChI=1S/C19H19N3OS/c1-11(2)17-21-18-16(12(3)13(4)24-18)19(23)22(17)10-15-7-5-6-14(8-15)9-20/h5-8,11H,10H2,1-4H3. The Kier molecular flexibility index (Phi) is 4.25. The first-order valence-electron chi connectivity index (χ1n) is 7.91. The maximum Gasteiger partial charge on any atom is 0.262 e. The lowest BCUT2D eigenvalue weighted by molar-refractivity contribution is 0.635. The Morgan fingerprint density at radius 3 is 2.75 bits per heavy atom. The van der Waals surface area contributed by atoms with Gasteiger partial charge in [0.1, 0.15) is 10.7 Å². The molecule has 122 valence electrons. The van der Waals surface area contributed by atoms with Crippen molar-refractivity contribution >= 4 is 21.6 Å². The molecule has 0 spiro atoms. The monoisotopic (exact) mass is 337 g/mol. The Bertz CT molecular complexity index is 1020. The highest BCUT2D eigenvalue weighted by atomic mass is 32.1. The van der Waals surface area contributed by atoms with Gasteiger partial charge in [0.05, 0.1) is 23.6 Å². The second kappa shape index (κ2) is 6.21. The van der Waals surface area contributed by atoms with Crippen molar-refractivity contribution in [2.75, 3.05) is 0 Å². The number of hydrogen-bond donors (Lipinski definition) is 0. The molecule has 5 heteroatoms. The number of hydrogen-bond acceptors (Lipinski definition) is 4. The number of nitrogens with zero attached hydrogens (tertiary/aromatic N) is 3. The molecular weight excluding hydrogens is 318 g/mol. The van der Waals surface area contributed by atoms with Crippen LogP contribution in [0.2, 0.25) is 0 Å². The minimum atomic E-state index is 0.00732. The van der Waals surface area contributed by atoms with Gasteiger partial charge in [-0.15, -0.1) is 11.3 Å². The zero-order chi connectivity index (χ0) is 17.4. The molecule has 2 heterocycles. The van der Waals surface area contributed by atoms with E-state index in [2.05, 4.69) is 6.07 Å². The molecule has 0 aliphatic heterocycles. The van der Waals surface area contributed by atoms with Crippen molar-refractivity contribution in [1.29, 1.82) is 5.26 Å². The molecular formula is C19H19N3OS. The molecule has 0 bridgehead atoms. The average molecular weight is 337 g/mol. The van der Waals surface area contributed by atoms with Gasteiger partial charge >= 0.3 is 0 Å². The zero-order valence-electron chi connectivity index (χ0n) is 14.3. The quantitative estimate of drug-likeness (QED) is 0.722. The topological polar surface area (TPSA) is 58.7 Å². The van der Waals surface area contributed by atoms with E-state index in [1.54, 1.807) is 22.0 Å². The van der Waals surface area contributed by atoms with Gasteiger partial charge in [-0.1, -0.05) is 26.0 Å². The van der Waals surface area contributed by atoms with Crippen LogP contribution in [0.3, 0.4) is 0 Å². The van der Waals surface area contributed by atoms with Crippen LogP contribution in [0.15, 0.2) is 29.1 Å². The molecule has 0 saturated carbocycles. The summed E-state index contributed by atoms with van der Waals surface area (Å²) >= 11 is 1.58. The summed E-state index contributed by atoms with van der Waals surface area (Å²) in [6, 6.07) is 9.52. The van der Waals surface area contributed by atoms with E-state index in [1.807, 2.05) is 45.9 Å². The van der Waals surface area contributed by atoms with Crippen LogP contribution in [0.25, 0.3) is 10.2 Å². The Balaban J connectivity index is 2.23. The molecule has 2 aromatic heterocycles. The molecule has 0 fully saturated rings. The van der Waals surface area contributed by atoms with Crippen LogP contribution < -0.4 is 5.56 Å². The third-order valence-corrected chi connectivity index (χ3v) is 5.33. The van der Waals surface area contributed by atoms with Gasteiger partial charge in [0.25, 0.3) is 5.56 Å². The van der Waals surface area contributed by atoms with Crippen molar-refractivity contribution in [3.63, 3.8) is 0 Å². The Morgan fingerprint density at radius 1 is 1.33 bits per heavy atom. The Hall–Kier alpha value is -2.45. The number of thiophene rings is 1. The van der Waals surface area contributed by atoms with Gasteiger partial charge in [-0.05, 0) is 37.1 Å². The number of aromatic nitrogens is 2. The normalized spacial score (nSPS) is 11.2. The van der Waals surface area contributed by atoms with Crippen LogP contribution in [0.5, 0.6) is 0 Å². The second-order valence-corrected chi connectivity index (χ2v) is 7.49. The maximum absolute atomic E-state index is 13.1. The molecule has 0 radical (unpaired) electrons. The summed E-state index contributed by atoms with van der Waals surface area (Å²) in [6.07, 6.45) is 0. The molecule has 0 unspecified atom stereocenters. The molecule has 0 saturated heterocycles. The Labute approximate surface area is 145 Å². The average Bonchev–Trinajstić information content (AvgIpc) is 2.84. The number of aryl methyl sites for hydroxylation is 2. The largest absolute Gasteiger partial charge is 0.291 e. The maximum atomic E-state index is 13.1. The first kappa shape index (κ1) is 16.4. The molecule has 0 aliphatic rings. The Morgan fingerprint density at radius 2 is 2.08 bits per heavy atom. The van der Waals surface area contributed by atoms with Gasteiger partial charge in [-0.3, -0.25) is 9.36 Å². The first-order chi connectivity index (χ1) is 11.4. The van der Waals surface area contributed by atoms with Crippen LogP contribution in [0.1, 0.15) is 47.2 Å². The molecule has 3 rings (SSSR count). The lowest BCUT2D eigenvalue weighted by atomic mass is 10.1. The van der Waals surface area contributed by atoms with Crippen molar-refractivity contribution < 1.29 is 0 Å². The highest BCUT2D eigenvalue weighted by Gasteiger charge is 2.18. The highest BCUT2D eigenvalue weighted by molar-refractivity contribution is 7.18. The predicted octanol–water partition coefficient (Wildman–Crippen LogP) is 4.12. The smallest absolute Gasteiger partial charge is 0.262 e. The predicted molar refractivity (Wildman–Crippen MR) is 97.7 cm³/mol. The minimum Gasteiger partial charge on any atom is -0.291 e. The third kappa shape index (κ3) is 2.74. The molecule has 0 atom stereocenters. The van der Waals surface area contributed by atoms with Crippen molar-refractivity contribution in [2.24, 2.45) is 0 Å². The molecule has 3 aromatic rings. The molecule has 1 aromatic carbocycles. The number of fused-ring (bicyclic) bond motifs is 1. The SMILES string of the molecule is Cc1sc2nc(C(C)C)n(Cc3cccc(C#N)c3)c(=O)c2c1C. The van der Waals surface area contributed by atoms with Gasteiger partial charge in [-0.25, -0.2) is 4.98 Å². The van der Waals surface area contributed by atoms with E-state index in [0.717, 1.165) is 32.0 Å². The number of benzene rings is 1. The van der Waals surface area contributed by atoms with Crippen LogP contribution in [0, 0.1) is 25.2 Å². The summed E-state index contributed by atoms with van der Waals surface area (Å²) in [5.41, 5.74) is 2.56. The van der Waals surface area contributed by atoms with E-state index in [-0.39, 0.29) is 11.5 Å². The highest BCUT2D eigenvalue weighted by Crippen LogP contribution is 2.27. The molecule has 0 amide bonds. The summed E-state index contributed by atoms with van der Waals surface area (Å²) in [6.45, 7) is 8.52. The lowest BCUT2D eigenvalue weighted by Gasteiger charge is -2.15. The summed E-state index contributed by atoms with van der Waals surface area (Å²) in [5, 5.41) is 9.80. The van der Waals surface area contributed by atoms with Crippen molar-refractivity contribution in [3.05, 3.63) is 62.0 Å². The lowest BCUT2D eigenvalue weighted by Crippen LogP contribution is -2.26. The van der Waals surface area contributed by atoms with Gasteiger partial charge in [0.15, 0.2) is 0 Å². The number of nitriles is 1. The van der Waals surface area contributed by atoms with Crippen molar-refractivity contribution in [2.45, 2.75) is 40.2 Å². The van der Waals surface area contributed by atoms with E-state index in [0.29, 0.717) is 12.1 Å². The third-order valence-electron chi connectivity index (χ3n) is 4.23. The van der Waals surface area contributed by atoms with Gasteiger partial charge in [0.2, 0.25) is 0 Å². The van der Waals surface area contributed by atoms with E-state index < -0.39 is 0 Å². The second-order valence-electron chi connectivity index (χ2n) is 6.29. The van der Waals surface area contributed by atoms with Crippen LogP contribution in [0.4, 0.5) is 0 Å². The van der Waals surface area contributed by atoms with Gasteiger partial charge in [0, 0.05) is 10.8 Å². The molecule has 0 aliphatic carbocycles. The first-order valence-corrected chi connectivity index (χ1v) is 8.73. The van der Waals surface area contributed by atoms with E-state index >= 15 is 0 Å². The summed E-state index contributed by atoms with van der Waals surface area (Å²) < 4.78 is 1.75. The minimum absolute atomic E-state index is 0.00732. The fourth-order valence-electron chi connectivity index (χ4n) is 2.86. The molecule has 24 heavy (non-hydrogen) atoms. The summed E-state index contributed by atoms with van der Waals surface area (Å²) in [5.74, 6) is 0.931. The van der Waals surface area contributed by atoms with Gasteiger partial charge in [-0.2, -0.15) is 5.26 Å². The fourth-order valence-corrected chi connectivity index (χ4v) is 3.89. The summed E-state index contributed by atoms with van der Waals surface area (Å²) in [4.78, 5) is 19.8. The van der Waals surface area contributed by atoms with E-state index in [4.69, 9.17) is 10.2 Å². The van der Waals surface area contributed by atoms with Crippen LogP contribution in [-0.4, -0.2) is 9.55 Å². The van der Waals surface area contributed by atoms with Crippen molar-refractivity contribution in [1.82, 2.24) is 9.55 Å². The van der Waals surface area contributed by atoms with E-state index in [9.17, 15) is 4.79 Å². The van der Waals surface area contributed by atoms with Crippen LogP contribution in [-0.2, 0) is 6.54 Å². The van der Waals surface area contributed by atoms with E-state index in [1.165, 1.54) is 0 Å². The zero-order valence-corrected chi connectivity index (χ0v) is 15.1. The van der Waals surface area contributed by atoms with Gasteiger partial charge < -0.3 is 0 Å². The number of rotatable bonds is 3.